The summed E-state index contributed by atoms with van der Waals surface area (Å²) in [6.45, 7) is 4.43. The molecule has 4 heteroatoms. The van der Waals surface area contributed by atoms with E-state index >= 15 is 0 Å². The molecule has 0 amide bonds. The number of para-hydroxylation sites is 6. The van der Waals surface area contributed by atoms with E-state index in [0.29, 0.717) is 0 Å². The fourth-order valence-electron chi connectivity index (χ4n) is 14.3. The number of anilines is 6. The Morgan fingerprint density at radius 3 is 1.37 bits per heavy atom. The van der Waals surface area contributed by atoms with Crippen molar-refractivity contribution >= 4 is 110 Å². The van der Waals surface area contributed by atoms with Crippen LogP contribution >= 0.6 is 0 Å². The number of fused-ring (bicyclic) bond motifs is 23. The van der Waals surface area contributed by atoms with Gasteiger partial charge in [0.05, 0.1) is 22.5 Å². The summed E-state index contributed by atoms with van der Waals surface area (Å²) in [6.07, 6.45) is 0. The van der Waals surface area contributed by atoms with Gasteiger partial charge in [0.2, 0.25) is 0 Å². The zero-order chi connectivity index (χ0) is 52.1. The highest BCUT2D eigenvalue weighted by atomic mass is 16.3. The molecule has 2 aromatic heterocycles. The van der Waals surface area contributed by atoms with Crippen LogP contribution in [0.15, 0.2) is 264 Å². The van der Waals surface area contributed by atoms with Crippen molar-refractivity contribution < 1.29 is 8.83 Å². The lowest BCUT2D eigenvalue weighted by molar-refractivity contribution is 0.668. The van der Waals surface area contributed by atoms with Crippen molar-refractivity contribution in [2.45, 2.75) is 19.3 Å². The third kappa shape index (κ3) is 5.92. The molecule has 13 aromatic carbocycles. The third-order valence-corrected chi connectivity index (χ3v) is 17.5. The minimum atomic E-state index is -0.693. The van der Waals surface area contributed by atoms with Gasteiger partial charge in [-0.3, -0.25) is 0 Å². The van der Waals surface area contributed by atoms with Crippen molar-refractivity contribution in [3.8, 4) is 22.3 Å². The molecule has 0 saturated carbocycles. The number of aryl methyl sites for hydroxylation is 2. The predicted octanol–water partition coefficient (Wildman–Crippen LogP) is 20.8. The molecule has 0 unspecified atom stereocenters. The SMILES string of the molecule is Cc1ccccc1N(c1ccc2c3c(c4ccccc4c2c1)-c1cc(N(c2ccccc2C)c2cccc4c2oc2ccccc24)c2ccccc2c1C31c2ccccc2-c2ccccc21)c1cccc2c1oc1ccccc12. The van der Waals surface area contributed by atoms with Gasteiger partial charge in [0.15, 0.2) is 11.2 Å². The molecule has 0 N–H and O–H groups in total. The van der Waals surface area contributed by atoms with Crippen LogP contribution in [-0.2, 0) is 5.41 Å². The van der Waals surface area contributed by atoms with Gasteiger partial charge < -0.3 is 18.6 Å². The second-order valence-electron chi connectivity index (χ2n) is 21.5. The topological polar surface area (TPSA) is 32.8 Å². The molecule has 79 heavy (non-hydrogen) atoms. The normalized spacial score (nSPS) is 13.0. The van der Waals surface area contributed by atoms with Crippen molar-refractivity contribution in [3.63, 3.8) is 0 Å². The molecule has 0 saturated heterocycles. The van der Waals surface area contributed by atoms with Gasteiger partial charge in [0, 0.05) is 44.0 Å². The Morgan fingerprint density at radius 2 is 0.747 bits per heavy atom. The van der Waals surface area contributed by atoms with E-state index in [4.69, 9.17) is 8.83 Å². The lowest BCUT2D eigenvalue weighted by atomic mass is 9.68. The van der Waals surface area contributed by atoms with E-state index in [9.17, 15) is 0 Å². The molecule has 370 valence electrons. The van der Waals surface area contributed by atoms with E-state index < -0.39 is 5.41 Å². The Labute approximate surface area is 456 Å². The molecule has 0 bridgehead atoms. The molecular weight excluding hydrogens is 961 g/mol. The quantitative estimate of drug-likeness (QED) is 0.155. The van der Waals surface area contributed by atoms with Crippen molar-refractivity contribution in [1.82, 2.24) is 0 Å². The average Bonchev–Trinajstić information content (AvgIpc) is 2.13. The van der Waals surface area contributed by atoms with Gasteiger partial charge in [-0.25, -0.2) is 0 Å². The van der Waals surface area contributed by atoms with Gasteiger partial charge in [-0.05, 0) is 151 Å². The van der Waals surface area contributed by atoms with Crippen LogP contribution in [0.3, 0.4) is 0 Å². The van der Waals surface area contributed by atoms with Crippen LogP contribution in [0.25, 0.3) is 98.4 Å². The number of rotatable bonds is 6. The average molecular weight is 1010 g/mol. The van der Waals surface area contributed by atoms with Crippen LogP contribution in [0.5, 0.6) is 0 Å². The smallest absolute Gasteiger partial charge is 0.159 e. The highest BCUT2D eigenvalue weighted by Crippen LogP contribution is 2.68. The highest BCUT2D eigenvalue weighted by molar-refractivity contribution is 6.24. The molecule has 4 nitrogen and oxygen atoms in total. The first-order chi connectivity index (χ1) is 39.1. The van der Waals surface area contributed by atoms with Crippen molar-refractivity contribution in [1.29, 1.82) is 0 Å². The minimum absolute atomic E-state index is 0.693. The van der Waals surface area contributed by atoms with Crippen LogP contribution < -0.4 is 9.80 Å². The monoisotopic (exact) mass is 1010 g/mol. The largest absolute Gasteiger partial charge is 0.454 e. The molecule has 1 spiro atoms. The Morgan fingerprint density at radius 1 is 0.291 bits per heavy atom. The summed E-state index contributed by atoms with van der Waals surface area (Å²) in [7, 11) is 0. The molecule has 15 aromatic rings. The van der Waals surface area contributed by atoms with E-state index in [2.05, 4.69) is 278 Å². The summed E-state index contributed by atoms with van der Waals surface area (Å²) in [6, 6.07) is 93.9. The lowest BCUT2D eigenvalue weighted by Crippen LogP contribution is -2.27. The fourth-order valence-corrected chi connectivity index (χ4v) is 14.3. The second-order valence-corrected chi connectivity index (χ2v) is 21.5. The van der Waals surface area contributed by atoms with Gasteiger partial charge in [-0.15, -0.1) is 0 Å². The Bertz CT molecular complexity index is 5050. The van der Waals surface area contributed by atoms with Crippen LogP contribution in [0.2, 0.25) is 0 Å². The first-order valence-electron chi connectivity index (χ1n) is 27.3. The minimum Gasteiger partial charge on any atom is -0.454 e. The Hall–Kier alpha value is -10.2. The number of benzene rings is 13. The fraction of sp³-hybridized carbons (Fsp3) is 0.0400. The van der Waals surface area contributed by atoms with Gasteiger partial charge in [0.1, 0.15) is 11.2 Å². The number of hydrogen-bond acceptors (Lipinski definition) is 4. The summed E-state index contributed by atoms with van der Waals surface area (Å²) >= 11 is 0. The molecule has 0 atom stereocenters. The molecule has 0 aliphatic heterocycles. The van der Waals surface area contributed by atoms with Crippen molar-refractivity contribution in [3.05, 3.63) is 288 Å². The summed E-state index contributed by atoms with van der Waals surface area (Å²) in [5.74, 6) is 0. The lowest BCUT2D eigenvalue weighted by Gasteiger charge is -2.34. The molecule has 17 rings (SSSR count). The standard InChI is InChI=1S/C75H48N2O2/c1-45-21-3-15-35-63(45)76(65-37-19-31-57-52-27-11-17-39-68(52)78-73(57)65)47-41-42-56-59(43-47)48-23-5-7-29-54(48)70-60-44-67(77(64-36-16-4-22-46(64)2)66-38-20-32-58-53-28-12-18-40-69(53)79-74(58)66)51-26-6-8-30-55(51)71(60)75(72(56)70)61-33-13-9-24-49(61)50-25-10-14-34-62(50)75/h3-44H,1-2H3. The second kappa shape index (κ2) is 16.4. The number of nitrogens with zero attached hydrogens (tertiary/aromatic N) is 2. The summed E-state index contributed by atoms with van der Waals surface area (Å²) < 4.78 is 13.8. The Balaban J connectivity index is 1.01. The number of hydrogen-bond donors (Lipinski definition) is 0. The van der Waals surface area contributed by atoms with Gasteiger partial charge in [0.25, 0.3) is 0 Å². The predicted molar refractivity (Wildman–Crippen MR) is 329 cm³/mol. The summed E-state index contributed by atoms with van der Waals surface area (Å²) in [4.78, 5) is 4.89. The number of furan rings is 2. The van der Waals surface area contributed by atoms with E-state index in [1.165, 1.54) is 82.6 Å². The van der Waals surface area contributed by atoms with E-state index in [1.807, 2.05) is 0 Å². The van der Waals surface area contributed by atoms with E-state index in [-0.39, 0.29) is 0 Å². The molecule has 2 aliphatic carbocycles. The van der Waals surface area contributed by atoms with E-state index in [0.717, 1.165) is 83.4 Å². The van der Waals surface area contributed by atoms with E-state index in [1.54, 1.807) is 0 Å². The van der Waals surface area contributed by atoms with Crippen LogP contribution in [-0.4, -0.2) is 0 Å². The molecular formula is C75H48N2O2. The molecule has 2 heterocycles. The van der Waals surface area contributed by atoms with Gasteiger partial charge in [-0.1, -0.05) is 200 Å². The maximum absolute atomic E-state index is 6.94. The van der Waals surface area contributed by atoms with Gasteiger partial charge >= 0.3 is 0 Å². The zero-order valence-electron chi connectivity index (χ0n) is 43.5. The van der Waals surface area contributed by atoms with Crippen LogP contribution in [0.1, 0.15) is 33.4 Å². The Kier molecular flexibility index (Phi) is 9.15. The van der Waals surface area contributed by atoms with Crippen LogP contribution in [0, 0.1) is 13.8 Å². The summed E-state index contributed by atoms with van der Waals surface area (Å²) in [5.41, 5.74) is 21.7. The molecule has 2 aliphatic rings. The molecule has 0 fully saturated rings. The van der Waals surface area contributed by atoms with Gasteiger partial charge in [-0.2, -0.15) is 0 Å². The zero-order valence-corrected chi connectivity index (χ0v) is 43.5. The van der Waals surface area contributed by atoms with Crippen molar-refractivity contribution in [2.75, 3.05) is 9.80 Å². The van der Waals surface area contributed by atoms with Crippen LogP contribution in [0.4, 0.5) is 34.1 Å². The molecule has 0 radical (unpaired) electrons. The maximum atomic E-state index is 6.94. The first-order valence-corrected chi connectivity index (χ1v) is 27.3. The highest BCUT2D eigenvalue weighted by Gasteiger charge is 2.54. The maximum Gasteiger partial charge on any atom is 0.159 e. The third-order valence-electron chi connectivity index (χ3n) is 17.5. The van der Waals surface area contributed by atoms with Crippen molar-refractivity contribution in [2.24, 2.45) is 0 Å². The first kappa shape index (κ1) is 44.0. The summed E-state index contributed by atoms with van der Waals surface area (Å²) in [5, 5.41) is 11.6.